The standard InChI is InChI=1S/C19H25NO2/c1-14(2)8-11-18(20)17-10-9-16(12-19(17)21)22-13-15-6-4-3-5-7-15/h3-7,9-10,12,14,18,21H,8,11,13,20H2,1-2H3/t18-/m1/s1. The molecule has 0 spiro atoms. The Morgan fingerprint density at radius 1 is 1.05 bits per heavy atom. The Hall–Kier alpha value is -2.00. The first-order chi connectivity index (χ1) is 10.6. The van der Waals surface area contributed by atoms with Gasteiger partial charge in [-0.15, -0.1) is 0 Å². The second-order valence-electron chi connectivity index (χ2n) is 6.07. The number of phenols is 1. The summed E-state index contributed by atoms with van der Waals surface area (Å²) in [5.74, 6) is 1.48. The molecule has 0 aliphatic heterocycles. The summed E-state index contributed by atoms with van der Waals surface area (Å²) < 4.78 is 5.71. The molecule has 118 valence electrons. The maximum absolute atomic E-state index is 10.2. The predicted octanol–water partition coefficient (Wildman–Crippen LogP) is 4.41. The van der Waals surface area contributed by atoms with Gasteiger partial charge in [0.1, 0.15) is 18.1 Å². The molecule has 1 atom stereocenters. The second kappa shape index (κ2) is 7.85. The third-order valence-corrected chi connectivity index (χ3v) is 3.70. The van der Waals surface area contributed by atoms with Gasteiger partial charge in [0.2, 0.25) is 0 Å². The van der Waals surface area contributed by atoms with E-state index in [-0.39, 0.29) is 11.8 Å². The minimum atomic E-state index is -0.134. The molecule has 0 aliphatic rings. The Morgan fingerprint density at radius 2 is 1.77 bits per heavy atom. The van der Waals surface area contributed by atoms with Crippen LogP contribution in [0.15, 0.2) is 48.5 Å². The summed E-state index contributed by atoms with van der Waals surface area (Å²) in [4.78, 5) is 0. The molecule has 22 heavy (non-hydrogen) atoms. The van der Waals surface area contributed by atoms with Crippen molar-refractivity contribution < 1.29 is 9.84 Å². The van der Waals surface area contributed by atoms with E-state index >= 15 is 0 Å². The van der Waals surface area contributed by atoms with Gasteiger partial charge in [0.25, 0.3) is 0 Å². The summed E-state index contributed by atoms with van der Waals surface area (Å²) in [5, 5.41) is 10.2. The highest BCUT2D eigenvalue weighted by Gasteiger charge is 2.12. The first-order valence-electron chi connectivity index (χ1n) is 7.81. The Balaban J connectivity index is 1.97. The average Bonchev–Trinajstić information content (AvgIpc) is 2.51. The number of benzene rings is 2. The van der Waals surface area contributed by atoms with Gasteiger partial charge in [-0.25, -0.2) is 0 Å². The van der Waals surface area contributed by atoms with E-state index in [1.807, 2.05) is 42.5 Å². The maximum Gasteiger partial charge on any atom is 0.124 e. The van der Waals surface area contributed by atoms with Crippen LogP contribution in [0.1, 0.15) is 43.9 Å². The topological polar surface area (TPSA) is 55.5 Å². The largest absolute Gasteiger partial charge is 0.507 e. The highest BCUT2D eigenvalue weighted by molar-refractivity contribution is 5.41. The lowest BCUT2D eigenvalue weighted by atomic mass is 9.97. The fraction of sp³-hybridized carbons (Fsp3) is 0.368. The summed E-state index contributed by atoms with van der Waals surface area (Å²) in [5.41, 5.74) is 8.04. The lowest BCUT2D eigenvalue weighted by Gasteiger charge is -2.16. The zero-order chi connectivity index (χ0) is 15.9. The smallest absolute Gasteiger partial charge is 0.124 e. The van der Waals surface area contributed by atoms with Crippen LogP contribution < -0.4 is 10.5 Å². The van der Waals surface area contributed by atoms with Gasteiger partial charge in [0, 0.05) is 17.7 Å². The minimum absolute atomic E-state index is 0.134. The fourth-order valence-electron chi connectivity index (χ4n) is 2.34. The SMILES string of the molecule is CC(C)CC[C@@H](N)c1ccc(OCc2ccccc2)cc1O. The average molecular weight is 299 g/mol. The van der Waals surface area contributed by atoms with Gasteiger partial charge in [-0.05, 0) is 30.4 Å². The van der Waals surface area contributed by atoms with Crippen LogP contribution in [-0.4, -0.2) is 5.11 Å². The molecular weight excluding hydrogens is 274 g/mol. The van der Waals surface area contributed by atoms with Crippen LogP contribution >= 0.6 is 0 Å². The van der Waals surface area contributed by atoms with E-state index in [4.69, 9.17) is 10.5 Å². The Labute approximate surface area is 132 Å². The number of nitrogens with two attached hydrogens (primary N) is 1. The van der Waals surface area contributed by atoms with E-state index in [1.54, 1.807) is 6.07 Å². The molecule has 0 saturated carbocycles. The van der Waals surface area contributed by atoms with Crippen LogP contribution in [0.2, 0.25) is 0 Å². The lowest BCUT2D eigenvalue weighted by Crippen LogP contribution is -2.11. The fourth-order valence-corrected chi connectivity index (χ4v) is 2.34. The molecule has 3 nitrogen and oxygen atoms in total. The van der Waals surface area contributed by atoms with Crippen molar-refractivity contribution in [2.75, 3.05) is 0 Å². The molecule has 3 heteroatoms. The van der Waals surface area contributed by atoms with Crippen molar-refractivity contribution >= 4 is 0 Å². The van der Waals surface area contributed by atoms with E-state index < -0.39 is 0 Å². The van der Waals surface area contributed by atoms with Gasteiger partial charge < -0.3 is 15.6 Å². The molecule has 0 amide bonds. The number of ether oxygens (including phenoxy) is 1. The zero-order valence-corrected chi connectivity index (χ0v) is 13.3. The van der Waals surface area contributed by atoms with E-state index in [0.29, 0.717) is 18.3 Å². The normalized spacial score (nSPS) is 12.4. The van der Waals surface area contributed by atoms with Crippen molar-refractivity contribution in [3.8, 4) is 11.5 Å². The highest BCUT2D eigenvalue weighted by atomic mass is 16.5. The molecule has 0 bridgehead atoms. The molecule has 3 N–H and O–H groups in total. The van der Waals surface area contributed by atoms with Crippen molar-refractivity contribution in [2.45, 2.75) is 39.3 Å². The van der Waals surface area contributed by atoms with E-state index in [2.05, 4.69) is 13.8 Å². The number of rotatable bonds is 7. The van der Waals surface area contributed by atoms with Crippen LogP contribution in [0.5, 0.6) is 11.5 Å². The number of hydrogen-bond donors (Lipinski definition) is 2. The van der Waals surface area contributed by atoms with E-state index in [9.17, 15) is 5.11 Å². The van der Waals surface area contributed by atoms with Gasteiger partial charge in [0.05, 0.1) is 0 Å². The van der Waals surface area contributed by atoms with Crippen LogP contribution in [0.25, 0.3) is 0 Å². The van der Waals surface area contributed by atoms with Crippen LogP contribution in [0.4, 0.5) is 0 Å². The summed E-state index contributed by atoms with van der Waals surface area (Å²) in [7, 11) is 0. The zero-order valence-electron chi connectivity index (χ0n) is 13.3. The van der Waals surface area contributed by atoms with E-state index in [0.717, 1.165) is 24.0 Å². The molecule has 0 aliphatic carbocycles. The third-order valence-electron chi connectivity index (χ3n) is 3.70. The van der Waals surface area contributed by atoms with Gasteiger partial charge in [-0.2, -0.15) is 0 Å². The molecule has 2 aromatic rings. The molecule has 0 radical (unpaired) electrons. The Morgan fingerprint density at radius 3 is 2.41 bits per heavy atom. The van der Waals surface area contributed by atoms with Crippen molar-refractivity contribution in [3.05, 3.63) is 59.7 Å². The van der Waals surface area contributed by atoms with Crippen molar-refractivity contribution in [2.24, 2.45) is 11.7 Å². The van der Waals surface area contributed by atoms with Gasteiger partial charge in [-0.1, -0.05) is 50.2 Å². The van der Waals surface area contributed by atoms with E-state index in [1.165, 1.54) is 0 Å². The molecule has 0 saturated heterocycles. The third kappa shape index (κ3) is 4.78. The summed E-state index contributed by atoms with van der Waals surface area (Å²) >= 11 is 0. The van der Waals surface area contributed by atoms with Gasteiger partial charge in [-0.3, -0.25) is 0 Å². The van der Waals surface area contributed by atoms with Crippen molar-refractivity contribution in [3.63, 3.8) is 0 Å². The first-order valence-corrected chi connectivity index (χ1v) is 7.81. The molecule has 0 unspecified atom stereocenters. The number of hydrogen-bond acceptors (Lipinski definition) is 3. The van der Waals surface area contributed by atoms with Crippen molar-refractivity contribution in [1.82, 2.24) is 0 Å². The van der Waals surface area contributed by atoms with Crippen LogP contribution in [0, 0.1) is 5.92 Å². The molecular formula is C19H25NO2. The van der Waals surface area contributed by atoms with Crippen molar-refractivity contribution in [1.29, 1.82) is 0 Å². The minimum Gasteiger partial charge on any atom is -0.507 e. The van der Waals surface area contributed by atoms with Crippen LogP contribution in [0.3, 0.4) is 0 Å². The molecule has 2 aromatic carbocycles. The first kappa shape index (κ1) is 16.4. The molecule has 2 rings (SSSR count). The van der Waals surface area contributed by atoms with Crippen LogP contribution in [-0.2, 0) is 6.61 Å². The Kier molecular flexibility index (Phi) is 5.84. The monoisotopic (exact) mass is 299 g/mol. The molecule has 0 fully saturated rings. The Bertz CT molecular complexity index is 581. The molecule has 0 heterocycles. The van der Waals surface area contributed by atoms with Gasteiger partial charge >= 0.3 is 0 Å². The van der Waals surface area contributed by atoms with Gasteiger partial charge in [0.15, 0.2) is 0 Å². The summed E-state index contributed by atoms with van der Waals surface area (Å²) in [6.45, 7) is 4.83. The summed E-state index contributed by atoms with van der Waals surface area (Å²) in [6, 6.07) is 15.2. The number of phenolic OH excluding ortho intramolecular Hbond substituents is 1. The summed E-state index contributed by atoms with van der Waals surface area (Å²) in [6.07, 6.45) is 1.92. The quantitative estimate of drug-likeness (QED) is 0.796. The molecule has 0 aromatic heterocycles. The maximum atomic E-state index is 10.2. The number of aromatic hydroxyl groups is 1. The second-order valence-corrected chi connectivity index (χ2v) is 6.07. The predicted molar refractivity (Wildman–Crippen MR) is 89.9 cm³/mol. The lowest BCUT2D eigenvalue weighted by molar-refractivity contribution is 0.304. The highest BCUT2D eigenvalue weighted by Crippen LogP contribution is 2.30.